The molecule has 7 nitrogen and oxygen atoms in total. The molecule has 0 unspecified atom stereocenters. The largest absolute Gasteiger partial charge is 0.495 e. The van der Waals surface area contributed by atoms with Crippen LogP contribution in [0.4, 0.5) is 11.5 Å². The molecule has 2 rings (SSSR count). The quantitative estimate of drug-likeness (QED) is 0.880. The monoisotopic (exact) mass is 304 g/mol. The smallest absolute Gasteiger partial charge is 0.263 e. The number of benzene rings is 1. The third kappa shape index (κ3) is 3.21. The highest BCUT2D eigenvalue weighted by Gasteiger charge is 2.17. The zero-order valence-electron chi connectivity index (χ0n) is 11.1. The standard InChI is InChI=1S/C13H12N4O3S/c1-20-12-6-9(7-14)2-4-11(12)17-21(18,19)10-3-5-13(15)16-8-10/h2-6,8,17H,1H3,(H2,15,16). The van der Waals surface area contributed by atoms with Crippen LogP contribution in [0.3, 0.4) is 0 Å². The molecule has 0 aliphatic rings. The van der Waals surface area contributed by atoms with E-state index in [1.807, 2.05) is 6.07 Å². The lowest BCUT2D eigenvalue weighted by molar-refractivity contribution is 0.416. The predicted molar refractivity (Wildman–Crippen MR) is 77.2 cm³/mol. The molecule has 8 heteroatoms. The molecule has 0 aliphatic heterocycles. The summed E-state index contributed by atoms with van der Waals surface area (Å²) in [5.41, 5.74) is 6.02. The van der Waals surface area contributed by atoms with Gasteiger partial charge in [-0.05, 0) is 24.3 Å². The van der Waals surface area contributed by atoms with Gasteiger partial charge in [-0.1, -0.05) is 0 Å². The Kier molecular flexibility index (Phi) is 3.95. The van der Waals surface area contributed by atoms with Crippen LogP contribution < -0.4 is 15.2 Å². The summed E-state index contributed by atoms with van der Waals surface area (Å²) in [5, 5.41) is 8.82. The lowest BCUT2D eigenvalue weighted by atomic mass is 10.2. The van der Waals surface area contributed by atoms with Crippen molar-refractivity contribution in [2.45, 2.75) is 4.90 Å². The van der Waals surface area contributed by atoms with Crippen LogP contribution in [0.5, 0.6) is 5.75 Å². The Bertz CT molecular complexity index is 795. The molecule has 1 aromatic carbocycles. The van der Waals surface area contributed by atoms with Crippen LogP contribution in [0, 0.1) is 11.3 Å². The Morgan fingerprint density at radius 3 is 2.67 bits per heavy atom. The first-order valence-corrected chi connectivity index (χ1v) is 7.27. The number of nitrogens with one attached hydrogen (secondary N) is 1. The topological polar surface area (TPSA) is 118 Å². The van der Waals surface area contributed by atoms with E-state index in [4.69, 9.17) is 15.7 Å². The van der Waals surface area contributed by atoms with Crippen molar-refractivity contribution in [2.75, 3.05) is 17.6 Å². The lowest BCUT2D eigenvalue weighted by Crippen LogP contribution is -2.14. The second-order valence-electron chi connectivity index (χ2n) is 4.05. The normalized spacial score (nSPS) is 10.7. The van der Waals surface area contributed by atoms with Crippen LogP contribution >= 0.6 is 0 Å². The van der Waals surface area contributed by atoms with E-state index in [1.165, 1.54) is 37.4 Å². The van der Waals surface area contributed by atoms with Gasteiger partial charge < -0.3 is 10.5 Å². The van der Waals surface area contributed by atoms with Crippen LogP contribution in [-0.2, 0) is 10.0 Å². The maximum Gasteiger partial charge on any atom is 0.263 e. The number of pyridine rings is 1. The van der Waals surface area contributed by atoms with E-state index in [0.717, 1.165) is 6.20 Å². The average molecular weight is 304 g/mol. The minimum atomic E-state index is -3.81. The van der Waals surface area contributed by atoms with Gasteiger partial charge in [-0.2, -0.15) is 5.26 Å². The lowest BCUT2D eigenvalue weighted by Gasteiger charge is -2.12. The number of sulfonamides is 1. The van der Waals surface area contributed by atoms with Crippen molar-refractivity contribution in [1.82, 2.24) is 4.98 Å². The molecule has 0 amide bonds. The van der Waals surface area contributed by atoms with Gasteiger partial charge in [0.25, 0.3) is 10.0 Å². The molecule has 0 saturated carbocycles. The van der Waals surface area contributed by atoms with Crippen LogP contribution in [0.2, 0.25) is 0 Å². The molecule has 2 aromatic rings. The molecular formula is C13H12N4O3S. The first-order valence-electron chi connectivity index (χ1n) is 5.79. The molecule has 108 valence electrons. The van der Waals surface area contributed by atoms with Gasteiger partial charge in [0.05, 0.1) is 24.4 Å². The highest BCUT2D eigenvalue weighted by molar-refractivity contribution is 7.92. The van der Waals surface area contributed by atoms with Gasteiger partial charge in [0.15, 0.2) is 0 Å². The Labute approximate surface area is 122 Å². The molecule has 0 fully saturated rings. The molecule has 3 N–H and O–H groups in total. The summed E-state index contributed by atoms with van der Waals surface area (Å²) < 4.78 is 31.9. The second-order valence-corrected chi connectivity index (χ2v) is 5.73. The van der Waals surface area contributed by atoms with E-state index in [-0.39, 0.29) is 22.2 Å². The first kappa shape index (κ1) is 14.6. The molecule has 0 aliphatic carbocycles. The molecule has 0 saturated heterocycles. The molecule has 21 heavy (non-hydrogen) atoms. The van der Waals surface area contributed by atoms with E-state index in [1.54, 1.807) is 0 Å². The zero-order chi connectivity index (χ0) is 15.5. The fraction of sp³-hybridized carbons (Fsp3) is 0.0769. The van der Waals surface area contributed by atoms with E-state index >= 15 is 0 Å². The maximum atomic E-state index is 12.2. The Morgan fingerprint density at radius 2 is 2.10 bits per heavy atom. The first-order chi connectivity index (χ1) is 9.96. The van der Waals surface area contributed by atoms with Gasteiger partial charge in [-0.15, -0.1) is 0 Å². The number of hydrogen-bond acceptors (Lipinski definition) is 6. The second kappa shape index (κ2) is 5.68. The van der Waals surface area contributed by atoms with Crippen molar-refractivity contribution in [3.05, 3.63) is 42.1 Å². The van der Waals surface area contributed by atoms with Crippen molar-refractivity contribution in [2.24, 2.45) is 0 Å². The SMILES string of the molecule is COc1cc(C#N)ccc1NS(=O)(=O)c1ccc(N)nc1. The van der Waals surface area contributed by atoms with Gasteiger partial charge in [0, 0.05) is 12.3 Å². The van der Waals surface area contributed by atoms with Gasteiger partial charge in [0.1, 0.15) is 16.5 Å². The van der Waals surface area contributed by atoms with Crippen molar-refractivity contribution in [1.29, 1.82) is 5.26 Å². The summed E-state index contributed by atoms with van der Waals surface area (Å²) in [6.45, 7) is 0. The van der Waals surface area contributed by atoms with Crippen molar-refractivity contribution in [3.8, 4) is 11.8 Å². The highest BCUT2D eigenvalue weighted by Crippen LogP contribution is 2.27. The molecule has 0 bridgehead atoms. The van der Waals surface area contributed by atoms with Crippen molar-refractivity contribution in [3.63, 3.8) is 0 Å². The fourth-order valence-electron chi connectivity index (χ4n) is 1.60. The van der Waals surface area contributed by atoms with E-state index < -0.39 is 10.0 Å². The average Bonchev–Trinajstić information content (AvgIpc) is 2.47. The summed E-state index contributed by atoms with van der Waals surface area (Å²) in [7, 11) is -2.43. The summed E-state index contributed by atoms with van der Waals surface area (Å²) >= 11 is 0. The predicted octanol–water partition coefficient (Wildman–Crippen LogP) is 1.34. The number of aromatic nitrogens is 1. The number of nitrogen functional groups attached to an aromatic ring is 1. The third-order valence-corrected chi connectivity index (χ3v) is 4.00. The van der Waals surface area contributed by atoms with E-state index in [0.29, 0.717) is 5.56 Å². The summed E-state index contributed by atoms with van der Waals surface area (Å²) in [6.07, 6.45) is 1.16. The van der Waals surface area contributed by atoms with E-state index in [2.05, 4.69) is 9.71 Å². The van der Waals surface area contributed by atoms with Gasteiger partial charge in [0.2, 0.25) is 0 Å². The third-order valence-electron chi connectivity index (χ3n) is 2.64. The molecular weight excluding hydrogens is 292 g/mol. The van der Waals surface area contributed by atoms with Gasteiger partial charge >= 0.3 is 0 Å². The fourth-order valence-corrected chi connectivity index (χ4v) is 2.61. The molecule has 0 spiro atoms. The number of anilines is 2. The Balaban J connectivity index is 2.37. The Morgan fingerprint density at radius 1 is 1.33 bits per heavy atom. The number of rotatable bonds is 4. The Hall–Kier alpha value is -2.79. The maximum absolute atomic E-state index is 12.2. The summed E-state index contributed by atoms with van der Waals surface area (Å²) in [5.74, 6) is 0.478. The number of ether oxygens (including phenoxy) is 1. The van der Waals surface area contributed by atoms with Crippen molar-refractivity contribution >= 4 is 21.5 Å². The van der Waals surface area contributed by atoms with Gasteiger partial charge in [-0.25, -0.2) is 13.4 Å². The molecule has 0 radical (unpaired) electrons. The molecule has 0 atom stereocenters. The summed E-state index contributed by atoms with van der Waals surface area (Å²) in [4.78, 5) is 3.72. The van der Waals surface area contributed by atoms with Crippen LogP contribution in [0.25, 0.3) is 0 Å². The van der Waals surface area contributed by atoms with Crippen molar-refractivity contribution < 1.29 is 13.2 Å². The zero-order valence-corrected chi connectivity index (χ0v) is 11.9. The van der Waals surface area contributed by atoms with Crippen LogP contribution in [0.15, 0.2) is 41.4 Å². The molecule has 1 heterocycles. The number of nitriles is 1. The van der Waals surface area contributed by atoms with Crippen LogP contribution in [-0.4, -0.2) is 20.5 Å². The van der Waals surface area contributed by atoms with Gasteiger partial charge in [-0.3, -0.25) is 4.72 Å². The summed E-state index contributed by atoms with van der Waals surface area (Å²) in [6, 6.07) is 9.08. The number of methoxy groups -OCH3 is 1. The highest BCUT2D eigenvalue weighted by atomic mass is 32.2. The minimum absolute atomic E-state index is 0.0249. The number of hydrogen-bond donors (Lipinski definition) is 2. The minimum Gasteiger partial charge on any atom is -0.495 e. The van der Waals surface area contributed by atoms with E-state index in [9.17, 15) is 8.42 Å². The van der Waals surface area contributed by atoms with Crippen LogP contribution in [0.1, 0.15) is 5.56 Å². The number of nitrogens with two attached hydrogens (primary N) is 1. The number of nitrogens with zero attached hydrogens (tertiary/aromatic N) is 2. The molecule has 1 aromatic heterocycles.